The second-order valence-corrected chi connectivity index (χ2v) is 2.40. The third-order valence-corrected chi connectivity index (χ3v) is 1.48. The molecule has 0 atom stereocenters. The first-order valence-corrected chi connectivity index (χ1v) is 3.38. The highest BCUT2D eigenvalue weighted by atomic mass is 16.3. The molecular weight excluding hydrogens is 140 g/mol. The molecule has 0 aromatic carbocycles. The highest BCUT2D eigenvalue weighted by Gasteiger charge is 2.01. The van der Waals surface area contributed by atoms with Gasteiger partial charge in [0.05, 0.1) is 12.6 Å². The minimum absolute atomic E-state index is 0.811. The summed E-state index contributed by atoms with van der Waals surface area (Å²) in [5.74, 6) is 0.811. The van der Waals surface area contributed by atoms with Crippen LogP contribution in [0.1, 0.15) is 0 Å². The Morgan fingerprint density at radius 1 is 1.55 bits per heavy atom. The first kappa shape index (κ1) is 6.22. The second-order valence-electron chi connectivity index (χ2n) is 2.40. The van der Waals surface area contributed by atoms with Crippen molar-refractivity contribution in [1.29, 1.82) is 0 Å². The minimum Gasteiger partial charge on any atom is -0.463 e. The molecule has 2 rings (SSSR count). The third kappa shape index (κ3) is 1.05. The molecule has 56 valence electrons. The minimum atomic E-state index is 0.811. The van der Waals surface area contributed by atoms with Crippen molar-refractivity contribution < 1.29 is 4.42 Å². The summed E-state index contributed by atoms with van der Waals surface area (Å²) in [6, 6.07) is 3.74. The van der Waals surface area contributed by atoms with E-state index >= 15 is 0 Å². The maximum Gasteiger partial charge on any atom is 0.153 e. The van der Waals surface area contributed by atoms with E-state index in [2.05, 4.69) is 4.98 Å². The fourth-order valence-electron chi connectivity index (χ4n) is 0.964. The van der Waals surface area contributed by atoms with Crippen LogP contribution in [-0.4, -0.2) is 9.55 Å². The summed E-state index contributed by atoms with van der Waals surface area (Å²) in [7, 11) is 1.93. The molecule has 2 heterocycles. The molecule has 0 spiro atoms. The number of nitrogens with zero attached hydrogens (tertiary/aromatic N) is 2. The smallest absolute Gasteiger partial charge is 0.153 e. The predicted molar refractivity (Wildman–Crippen MR) is 40.9 cm³/mol. The first-order valence-electron chi connectivity index (χ1n) is 3.38. The van der Waals surface area contributed by atoms with E-state index in [1.54, 1.807) is 12.6 Å². The summed E-state index contributed by atoms with van der Waals surface area (Å²) in [4.78, 5) is 4.13. The van der Waals surface area contributed by atoms with Gasteiger partial charge in [-0.25, -0.2) is 4.98 Å². The Bertz CT molecular complexity index is 335. The first-order chi connectivity index (χ1) is 5.36. The highest BCUT2D eigenvalue weighted by molar-refractivity contribution is 5.49. The van der Waals surface area contributed by atoms with Crippen molar-refractivity contribution in [2.45, 2.75) is 0 Å². The molecule has 0 aliphatic rings. The Balaban J connectivity index is 2.45. The Morgan fingerprint density at radius 3 is 3.00 bits per heavy atom. The monoisotopic (exact) mass is 148 g/mol. The maximum absolute atomic E-state index is 5.16. The summed E-state index contributed by atoms with van der Waals surface area (Å²) in [5.41, 5.74) is 0.873. The van der Waals surface area contributed by atoms with Gasteiger partial charge in [0.1, 0.15) is 5.69 Å². The molecule has 0 amide bonds. The van der Waals surface area contributed by atoms with Gasteiger partial charge in [0.2, 0.25) is 0 Å². The maximum atomic E-state index is 5.16. The van der Waals surface area contributed by atoms with Gasteiger partial charge in [-0.2, -0.15) is 0 Å². The molecule has 0 radical (unpaired) electrons. The number of rotatable bonds is 1. The molecular formula is C8H8N2O. The molecule has 0 aliphatic carbocycles. The lowest BCUT2D eigenvalue weighted by molar-refractivity contribution is 0.580. The Labute approximate surface area is 64.3 Å². The summed E-state index contributed by atoms with van der Waals surface area (Å²) < 4.78 is 7.04. The van der Waals surface area contributed by atoms with Crippen molar-refractivity contribution in [2.24, 2.45) is 7.05 Å². The summed E-state index contributed by atoms with van der Waals surface area (Å²) >= 11 is 0. The highest BCUT2D eigenvalue weighted by Crippen LogP contribution is 2.15. The lowest BCUT2D eigenvalue weighted by atomic mass is 10.4. The average Bonchev–Trinajstić information content (AvgIpc) is 2.55. The van der Waals surface area contributed by atoms with Gasteiger partial charge >= 0.3 is 0 Å². The van der Waals surface area contributed by atoms with Gasteiger partial charge < -0.3 is 8.98 Å². The molecule has 0 unspecified atom stereocenters. The van der Waals surface area contributed by atoms with E-state index in [1.807, 2.05) is 29.9 Å². The molecule has 2 aromatic rings. The Morgan fingerprint density at radius 2 is 2.45 bits per heavy atom. The molecule has 0 saturated carbocycles. The normalized spacial score (nSPS) is 10.3. The average molecular weight is 148 g/mol. The number of hydrogen-bond donors (Lipinski definition) is 0. The Kier molecular flexibility index (Phi) is 1.28. The van der Waals surface area contributed by atoms with Gasteiger partial charge in [-0.3, -0.25) is 0 Å². The van der Waals surface area contributed by atoms with Gasteiger partial charge in [-0.1, -0.05) is 0 Å². The van der Waals surface area contributed by atoms with Crippen molar-refractivity contribution in [3.63, 3.8) is 0 Å². The van der Waals surface area contributed by atoms with Crippen LogP contribution in [0.25, 0.3) is 11.5 Å². The molecule has 0 aliphatic heterocycles. The predicted octanol–water partition coefficient (Wildman–Crippen LogP) is 1.68. The number of imidazole rings is 1. The molecule has 3 nitrogen and oxygen atoms in total. The van der Waals surface area contributed by atoms with Crippen LogP contribution in [0, 0.1) is 0 Å². The van der Waals surface area contributed by atoms with Crippen LogP contribution in [0.5, 0.6) is 0 Å². The van der Waals surface area contributed by atoms with Crippen LogP contribution < -0.4 is 0 Å². The SMILES string of the molecule is Cn1cnc(-c2ccco2)c1. The fourth-order valence-corrected chi connectivity index (χ4v) is 0.964. The van der Waals surface area contributed by atoms with E-state index in [-0.39, 0.29) is 0 Å². The fraction of sp³-hybridized carbons (Fsp3) is 0.125. The van der Waals surface area contributed by atoms with E-state index in [4.69, 9.17) is 4.42 Å². The largest absolute Gasteiger partial charge is 0.463 e. The molecule has 11 heavy (non-hydrogen) atoms. The number of hydrogen-bond acceptors (Lipinski definition) is 2. The van der Waals surface area contributed by atoms with Crippen molar-refractivity contribution in [2.75, 3.05) is 0 Å². The van der Waals surface area contributed by atoms with Crippen LogP contribution in [-0.2, 0) is 7.05 Å². The zero-order chi connectivity index (χ0) is 7.68. The number of aryl methyl sites for hydroxylation is 1. The lowest BCUT2D eigenvalue weighted by Gasteiger charge is -1.85. The number of furan rings is 1. The zero-order valence-corrected chi connectivity index (χ0v) is 6.19. The van der Waals surface area contributed by atoms with Crippen molar-refractivity contribution >= 4 is 0 Å². The zero-order valence-electron chi connectivity index (χ0n) is 6.19. The molecule has 3 heteroatoms. The summed E-state index contributed by atoms with van der Waals surface area (Å²) in [6.45, 7) is 0. The van der Waals surface area contributed by atoms with E-state index in [0.717, 1.165) is 11.5 Å². The Hall–Kier alpha value is -1.51. The van der Waals surface area contributed by atoms with Gasteiger partial charge in [0.25, 0.3) is 0 Å². The van der Waals surface area contributed by atoms with Crippen molar-refractivity contribution in [3.8, 4) is 11.5 Å². The van der Waals surface area contributed by atoms with Gasteiger partial charge in [-0.15, -0.1) is 0 Å². The second kappa shape index (κ2) is 2.27. The van der Waals surface area contributed by atoms with Crippen LogP contribution in [0.2, 0.25) is 0 Å². The molecule has 2 aromatic heterocycles. The summed E-state index contributed by atoms with van der Waals surface area (Å²) in [6.07, 6.45) is 5.31. The van der Waals surface area contributed by atoms with Gasteiger partial charge in [0.15, 0.2) is 5.76 Å². The molecule has 0 bridgehead atoms. The van der Waals surface area contributed by atoms with E-state index in [1.165, 1.54) is 0 Å². The van der Waals surface area contributed by atoms with Crippen molar-refractivity contribution in [1.82, 2.24) is 9.55 Å². The van der Waals surface area contributed by atoms with E-state index in [0.29, 0.717) is 0 Å². The molecule has 0 N–H and O–H groups in total. The standard InChI is InChI=1S/C8H8N2O/c1-10-5-7(9-6-10)8-3-2-4-11-8/h2-6H,1H3. The third-order valence-electron chi connectivity index (χ3n) is 1.48. The van der Waals surface area contributed by atoms with Crippen LogP contribution in [0.3, 0.4) is 0 Å². The van der Waals surface area contributed by atoms with Crippen LogP contribution in [0.4, 0.5) is 0 Å². The number of aromatic nitrogens is 2. The quantitative estimate of drug-likeness (QED) is 0.616. The van der Waals surface area contributed by atoms with Crippen molar-refractivity contribution in [3.05, 3.63) is 30.9 Å². The van der Waals surface area contributed by atoms with E-state index in [9.17, 15) is 0 Å². The topological polar surface area (TPSA) is 31.0 Å². The van der Waals surface area contributed by atoms with Crippen LogP contribution >= 0.6 is 0 Å². The summed E-state index contributed by atoms with van der Waals surface area (Å²) in [5, 5.41) is 0. The van der Waals surface area contributed by atoms with Gasteiger partial charge in [-0.05, 0) is 12.1 Å². The van der Waals surface area contributed by atoms with Gasteiger partial charge in [0, 0.05) is 13.2 Å². The van der Waals surface area contributed by atoms with Crippen LogP contribution in [0.15, 0.2) is 35.3 Å². The lowest BCUT2D eigenvalue weighted by Crippen LogP contribution is -1.77. The van der Waals surface area contributed by atoms with E-state index < -0.39 is 0 Å². The molecule has 0 fully saturated rings. The molecule has 0 saturated heterocycles.